The Hall–Kier alpha value is -3.51. The topological polar surface area (TPSA) is 56.8 Å². The van der Waals surface area contributed by atoms with Gasteiger partial charge in [0.15, 0.2) is 0 Å². The molecule has 0 aliphatic rings. The van der Waals surface area contributed by atoms with Crippen molar-refractivity contribution in [3.8, 4) is 0 Å². The minimum atomic E-state index is 0.0509. The number of nitrogens with one attached hydrogen (secondary N) is 1. The van der Waals surface area contributed by atoms with E-state index in [9.17, 15) is 4.79 Å². The second-order valence-electron chi connectivity index (χ2n) is 8.08. The summed E-state index contributed by atoms with van der Waals surface area (Å²) in [4.78, 5) is 10.8. The van der Waals surface area contributed by atoms with Gasteiger partial charge in [0, 0.05) is 20.1 Å². The lowest BCUT2D eigenvalue weighted by molar-refractivity contribution is -0.121. The fourth-order valence-corrected chi connectivity index (χ4v) is 3.08. The van der Waals surface area contributed by atoms with Crippen LogP contribution in [0.2, 0.25) is 0 Å². The Morgan fingerprint density at radius 3 is 1.34 bits per heavy atom. The lowest BCUT2D eigenvalue weighted by atomic mass is 10.1. The van der Waals surface area contributed by atoms with Gasteiger partial charge in [0.25, 0.3) is 0 Å². The third-order valence-corrected chi connectivity index (χ3v) is 5.17. The van der Waals surface area contributed by atoms with Gasteiger partial charge in [-0.05, 0) is 22.3 Å². The molecule has 0 heterocycles. The third-order valence-electron chi connectivity index (χ3n) is 5.17. The molecular formula is C36H51NO4. The van der Waals surface area contributed by atoms with Crippen LogP contribution in [0.1, 0.15) is 63.3 Å². The zero-order chi connectivity index (χ0) is 30.4. The summed E-state index contributed by atoms with van der Waals surface area (Å²) in [5, 5.41) is 2.72. The van der Waals surface area contributed by atoms with Crippen molar-refractivity contribution in [3.63, 3.8) is 0 Å². The first kappa shape index (κ1) is 37.5. The maximum absolute atomic E-state index is 10.8. The molecule has 41 heavy (non-hydrogen) atoms. The predicted octanol–water partition coefficient (Wildman–Crippen LogP) is 8.27. The van der Waals surface area contributed by atoms with Crippen LogP contribution in [-0.2, 0) is 19.0 Å². The van der Waals surface area contributed by atoms with Crippen LogP contribution >= 0.6 is 0 Å². The van der Waals surface area contributed by atoms with Crippen molar-refractivity contribution in [2.45, 2.75) is 41.0 Å². The van der Waals surface area contributed by atoms with E-state index in [2.05, 4.69) is 102 Å². The molecule has 0 aromatic heterocycles. The Balaban J connectivity index is 0.000000741. The molecule has 5 nitrogen and oxygen atoms in total. The van der Waals surface area contributed by atoms with E-state index in [0.29, 0.717) is 46.0 Å². The lowest BCUT2D eigenvalue weighted by Gasteiger charge is -2.06. The molecule has 0 aliphatic carbocycles. The van der Waals surface area contributed by atoms with Gasteiger partial charge >= 0.3 is 0 Å². The minimum absolute atomic E-state index is 0.0509. The van der Waals surface area contributed by atoms with E-state index in [1.165, 1.54) is 22.3 Å². The summed E-state index contributed by atoms with van der Waals surface area (Å²) in [5.41, 5.74) is 4.85. The van der Waals surface area contributed by atoms with Crippen LogP contribution in [0, 0.1) is 0 Å². The van der Waals surface area contributed by atoms with Crippen molar-refractivity contribution in [3.05, 3.63) is 107 Å². The number of rotatable bonds is 14. The van der Waals surface area contributed by atoms with Crippen LogP contribution in [0.5, 0.6) is 0 Å². The summed E-state index contributed by atoms with van der Waals surface area (Å²) in [7, 11) is 1.64. The predicted molar refractivity (Wildman–Crippen MR) is 177 cm³/mol. The summed E-state index contributed by atoms with van der Waals surface area (Å²) in [5.74, 6) is 0.0509. The number of amides is 1. The van der Waals surface area contributed by atoms with Gasteiger partial charge in [0.2, 0.25) is 5.91 Å². The fourth-order valence-electron chi connectivity index (χ4n) is 3.08. The summed E-state index contributed by atoms with van der Waals surface area (Å²) in [6.07, 6.45) is 9.06. The fraction of sp³-hybridized carbons (Fsp3) is 0.361. The highest BCUT2D eigenvalue weighted by Crippen LogP contribution is 2.12. The average Bonchev–Trinajstić information content (AvgIpc) is 3.05. The largest absolute Gasteiger partial charge is 0.382 e. The molecule has 0 fully saturated rings. The zero-order valence-electron chi connectivity index (χ0n) is 26.0. The van der Waals surface area contributed by atoms with Crippen LogP contribution in [0.15, 0.2) is 84.9 Å². The van der Waals surface area contributed by atoms with Crippen molar-refractivity contribution in [2.75, 3.05) is 46.7 Å². The normalized spacial score (nSPS) is 10.1. The van der Waals surface area contributed by atoms with E-state index < -0.39 is 0 Å². The number of carbonyl (C=O) groups is 1. The van der Waals surface area contributed by atoms with Gasteiger partial charge in [-0.2, -0.15) is 0 Å². The molecule has 0 atom stereocenters. The van der Waals surface area contributed by atoms with E-state index in [4.69, 9.17) is 14.2 Å². The monoisotopic (exact) mass is 561 g/mol. The van der Waals surface area contributed by atoms with Gasteiger partial charge < -0.3 is 19.5 Å². The van der Waals surface area contributed by atoms with Gasteiger partial charge in [-0.1, -0.05) is 144 Å². The van der Waals surface area contributed by atoms with Crippen LogP contribution in [0.25, 0.3) is 24.3 Å². The maximum Gasteiger partial charge on any atom is 0.219 e. The molecule has 3 aromatic rings. The molecular weight excluding hydrogens is 510 g/mol. The first-order valence-corrected chi connectivity index (χ1v) is 14.7. The van der Waals surface area contributed by atoms with Gasteiger partial charge in [0.1, 0.15) is 0 Å². The summed E-state index contributed by atoms with van der Waals surface area (Å²) < 4.78 is 15.2. The average molecular weight is 562 g/mol. The van der Waals surface area contributed by atoms with Crippen molar-refractivity contribution < 1.29 is 19.0 Å². The highest BCUT2D eigenvalue weighted by atomic mass is 16.5. The number of benzene rings is 3. The van der Waals surface area contributed by atoms with Crippen LogP contribution in [-0.4, -0.2) is 52.6 Å². The van der Waals surface area contributed by atoms with Crippen LogP contribution in [0.4, 0.5) is 0 Å². The minimum Gasteiger partial charge on any atom is -0.382 e. The van der Waals surface area contributed by atoms with E-state index >= 15 is 0 Å². The lowest BCUT2D eigenvalue weighted by Crippen LogP contribution is -2.26. The zero-order valence-corrected chi connectivity index (χ0v) is 26.0. The molecule has 1 N–H and O–H groups in total. The molecule has 0 bridgehead atoms. The smallest absolute Gasteiger partial charge is 0.219 e. The Bertz CT molecular complexity index is 964. The molecule has 0 saturated heterocycles. The highest BCUT2D eigenvalue weighted by molar-refractivity contribution is 5.75. The molecule has 224 valence electrons. The van der Waals surface area contributed by atoms with Crippen molar-refractivity contribution in [2.24, 2.45) is 0 Å². The Morgan fingerprint density at radius 1 is 0.585 bits per heavy atom. The maximum atomic E-state index is 10.8. The summed E-state index contributed by atoms with van der Waals surface area (Å²) in [6, 6.07) is 29.3. The molecule has 0 unspecified atom stereocenters. The second kappa shape index (κ2) is 28.0. The quantitative estimate of drug-likeness (QED) is 0.159. The SMILES string of the molecule is C(=C\c1ccc(/C=C/c2ccccc2)cc1)/c1ccccc1.CC.CC.CCC(=O)NCCOCCOCCOC. The van der Waals surface area contributed by atoms with Crippen molar-refractivity contribution >= 4 is 30.2 Å². The van der Waals surface area contributed by atoms with Gasteiger partial charge in [-0.15, -0.1) is 0 Å². The van der Waals surface area contributed by atoms with Crippen molar-refractivity contribution in [1.29, 1.82) is 0 Å². The van der Waals surface area contributed by atoms with E-state index in [-0.39, 0.29) is 5.91 Å². The Kier molecular flexibility index (Phi) is 25.6. The second-order valence-corrected chi connectivity index (χ2v) is 8.08. The highest BCUT2D eigenvalue weighted by Gasteiger charge is 1.95. The Morgan fingerprint density at radius 2 is 0.951 bits per heavy atom. The first-order chi connectivity index (χ1) is 20.2. The van der Waals surface area contributed by atoms with E-state index in [0.717, 1.165) is 0 Å². The molecule has 0 spiro atoms. The van der Waals surface area contributed by atoms with Crippen LogP contribution in [0.3, 0.4) is 0 Å². The molecule has 0 saturated carbocycles. The Labute approximate surface area is 249 Å². The van der Waals surface area contributed by atoms with Gasteiger partial charge in [-0.3, -0.25) is 4.79 Å². The van der Waals surface area contributed by atoms with E-state index in [1.54, 1.807) is 7.11 Å². The van der Waals surface area contributed by atoms with Crippen LogP contribution < -0.4 is 5.32 Å². The molecule has 0 radical (unpaired) electrons. The standard InChI is InChI=1S/C22H18.C10H21NO4.2C2H6/c1-3-7-19(8-4-1)11-13-21-15-17-22(18-16-21)14-12-20-9-5-2-6-10-20;1-3-10(12)11-4-5-14-8-9-15-7-6-13-2;2*1-2/h1-18H;3-9H2,1-2H3,(H,11,12);2*1-2H3/b13-11+,14-12+;;;. The van der Waals surface area contributed by atoms with Crippen molar-refractivity contribution in [1.82, 2.24) is 5.32 Å². The summed E-state index contributed by atoms with van der Waals surface area (Å²) >= 11 is 0. The molecule has 3 aromatic carbocycles. The van der Waals surface area contributed by atoms with Gasteiger partial charge in [0.05, 0.1) is 33.0 Å². The first-order valence-electron chi connectivity index (χ1n) is 14.7. The molecule has 3 rings (SSSR count). The number of hydrogen-bond donors (Lipinski definition) is 1. The number of methoxy groups -OCH3 is 1. The molecule has 5 heteroatoms. The number of hydrogen-bond acceptors (Lipinski definition) is 4. The van der Waals surface area contributed by atoms with E-state index in [1.807, 2.05) is 46.8 Å². The van der Waals surface area contributed by atoms with Gasteiger partial charge in [-0.25, -0.2) is 0 Å². The molecule has 0 aliphatic heterocycles. The number of carbonyl (C=O) groups excluding carboxylic acids is 1. The number of ether oxygens (including phenoxy) is 3. The third kappa shape index (κ3) is 21.0. The summed E-state index contributed by atoms with van der Waals surface area (Å²) in [6.45, 7) is 13.2. The molecule has 1 amide bonds.